The molecular formula is C19H23N3O2. The van der Waals surface area contributed by atoms with Gasteiger partial charge in [0.2, 0.25) is 0 Å². The summed E-state index contributed by atoms with van der Waals surface area (Å²) in [4.78, 5) is 28.0. The lowest BCUT2D eigenvalue weighted by Gasteiger charge is -2.20. The highest BCUT2D eigenvalue weighted by molar-refractivity contribution is 6.06. The maximum absolute atomic E-state index is 12.6. The number of para-hydroxylation sites is 1. The molecule has 0 saturated carbocycles. The Morgan fingerprint density at radius 3 is 2.25 bits per heavy atom. The quantitative estimate of drug-likeness (QED) is 0.908. The van der Waals surface area contributed by atoms with Gasteiger partial charge in [-0.1, -0.05) is 24.3 Å². The molecule has 1 N–H and O–H groups in total. The van der Waals surface area contributed by atoms with Gasteiger partial charge in [-0.05, 0) is 44.2 Å². The zero-order valence-electron chi connectivity index (χ0n) is 14.3. The monoisotopic (exact) mass is 325 g/mol. The molecular weight excluding hydrogens is 302 g/mol. The Bertz CT molecular complexity index is 697. The SMILES string of the molecule is CCN(CC)C(=O)Nc1cccc(C(=O)N(C)c2ccccc2)c1. The van der Waals surface area contributed by atoms with Crippen molar-refractivity contribution in [2.24, 2.45) is 0 Å². The van der Waals surface area contributed by atoms with Crippen molar-refractivity contribution in [1.29, 1.82) is 0 Å². The van der Waals surface area contributed by atoms with E-state index in [0.29, 0.717) is 24.3 Å². The molecule has 0 aromatic heterocycles. The molecule has 0 saturated heterocycles. The summed E-state index contributed by atoms with van der Waals surface area (Å²) < 4.78 is 0. The molecule has 0 aliphatic rings. The van der Waals surface area contributed by atoms with Crippen LogP contribution in [0.4, 0.5) is 16.2 Å². The minimum absolute atomic E-state index is 0.125. The molecule has 0 radical (unpaired) electrons. The van der Waals surface area contributed by atoms with Crippen LogP contribution in [0.3, 0.4) is 0 Å². The smallest absolute Gasteiger partial charge is 0.321 e. The fraction of sp³-hybridized carbons (Fsp3) is 0.263. The summed E-state index contributed by atoms with van der Waals surface area (Å²) in [5, 5.41) is 2.83. The van der Waals surface area contributed by atoms with Crippen LogP contribution in [-0.2, 0) is 0 Å². The summed E-state index contributed by atoms with van der Waals surface area (Å²) in [5.74, 6) is -0.125. The molecule has 5 nitrogen and oxygen atoms in total. The zero-order valence-corrected chi connectivity index (χ0v) is 14.3. The molecule has 0 atom stereocenters. The molecule has 24 heavy (non-hydrogen) atoms. The average molecular weight is 325 g/mol. The molecule has 0 heterocycles. The van der Waals surface area contributed by atoms with Gasteiger partial charge in [0, 0.05) is 37.1 Å². The van der Waals surface area contributed by atoms with Gasteiger partial charge in [0.05, 0.1) is 0 Å². The lowest BCUT2D eigenvalue weighted by Crippen LogP contribution is -2.34. The zero-order chi connectivity index (χ0) is 17.5. The predicted molar refractivity (Wildman–Crippen MR) is 97.6 cm³/mol. The van der Waals surface area contributed by atoms with E-state index in [9.17, 15) is 9.59 Å². The largest absolute Gasteiger partial charge is 0.325 e. The van der Waals surface area contributed by atoms with E-state index < -0.39 is 0 Å². The number of hydrogen-bond acceptors (Lipinski definition) is 2. The summed E-state index contributed by atoms with van der Waals surface area (Å²) in [5.41, 5.74) is 1.96. The van der Waals surface area contributed by atoms with Crippen LogP contribution in [-0.4, -0.2) is 37.0 Å². The summed E-state index contributed by atoms with van der Waals surface area (Å²) >= 11 is 0. The lowest BCUT2D eigenvalue weighted by molar-refractivity contribution is 0.0993. The third kappa shape index (κ3) is 4.13. The highest BCUT2D eigenvalue weighted by atomic mass is 16.2. The first-order valence-electron chi connectivity index (χ1n) is 8.06. The Labute approximate surface area is 142 Å². The minimum atomic E-state index is -0.166. The van der Waals surface area contributed by atoms with Gasteiger partial charge >= 0.3 is 6.03 Å². The fourth-order valence-electron chi connectivity index (χ4n) is 2.41. The van der Waals surface area contributed by atoms with Crippen LogP contribution < -0.4 is 10.2 Å². The lowest BCUT2D eigenvalue weighted by atomic mass is 10.1. The van der Waals surface area contributed by atoms with E-state index in [-0.39, 0.29) is 11.9 Å². The van der Waals surface area contributed by atoms with Crippen LogP contribution in [0.25, 0.3) is 0 Å². The Morgan fingerprint density at radius 2 is 1.62 bits per heavy atom. The maximum atomic E-state index is 12.6. The standard InChI is InChI=1S/C19H23N3O2/c1-4-22(5-2)19(24)20-16-11-9-10-15(14-16)18(23)21(3)17-12-7-6-8-13-17/h6-14H,4-5H2,1-3H3,(H,20,24). The van der Waals surface area contributed by atoms with E-state index in [1.807, 2.05) is 44.2 Å². The van der Waals surface area contributed by atoms with Gasteiger partial charge in [0.25, 0.3) is 5.91 Å². The maximum Gasteiger partial charge on any atom is 0.321 e. The number of nitrogens with zero attached hydrogens (tertiary/aromatic N) is 2. The first-order valence-corrected chi connectivity index (χ1v) is 8.06. The normalized spacial score (nSPS) is 10.1. The molecule has 0 aliphatic heterocycles. The van der Waals surface area contributed by atoms with Crippen molar-refractivity contribution >= 4 is 23.3 Å². The number of rotatable bonds is 5. The van der Waals surface area contributed by atoms with Crippen molar-refractivity contribution in [1.82, 2.24) is 4.90 Å². The number of benzene rings is 2. The molecule has 2 aromatic rings. The van der Waals surface area contributed by atoms with Crippen molar-refractivity contribution in [3.8, 4) is 0 Å². The average Bonchev–Trinajstić information content (AvgIpc) is 2.62. The van der Waals surface area contributed by atoms with Crippen LogP contribution in [0.1, 0.15) is 24.2 Å². The molecule has 2 aromatic carbocycles. The van der Waals surface area contributed by atoms with E-state index in [1.165, 1.54) is 0 Å². The Hall–Kier alpha value is -2.82. The third-order valence-electron chi connectivity index (χ3n) is 3.86. The Morgan fingerprint density at radius 1 is 0.958 bits per heavy atom. The molecule has 5 heteroatoms. The number of carbonyl (C=O) groups excluding carboxylic acids is 2. The summed E-state index contributed by atoms with van der Waals surface area (Å²) in [6.45, 7) is 5.13. The highest BCUT2D eigenvalue weighted by Gasteiger charge is 2.15. The van der Waals surface area contributed by atoms with Gasteiger partial charge in [-0.2, -0.15) is 0 Å². The molecule has 0 spiro atoms. The van der Waals surface area contributed by atoms with Crippen LogP contribution in [0.2, 0.25) is 0 Å². The van der Waals surface area contributed by atoms with Crippen molar-refractivity contribution < 1.29 is 9.59 Å². The third-order valence-corrected chi connectivity index (χ3v) is 3.86. The number of anilines is 2. The second-order valence-corrected chi connectivity index (χ2v) is 5.38. The molecule has 0 bridgehead atoms. The predicted octanol–water partition coefficient (Wildman–Crippen LogP) is 3.84. The van der Waals surface area contributed by atoms with Gasteiger partial charge in [0.15, 0.2) is 0 Å². The van der Waals surface area contributed by atoms with Gasteiger partial charge in [-0.15, -0.1) is 0 Å². The van der Waals surface area contributed by atoms with E-state index in [2.05, 4.69) is 5.32 Å². The Kier molecular flexibility index (Phi) is 5.95. The van der Waals surface area contributed by atoms with E-state index in [4.69, 9.17) is 0 Å². The number of nitrogens with one attached hydrogen (secondary N) is 1. The van der Waals surface area contributed by atoms with E-state index in [0.717, 1.165) is 5.69 Å². The molecule has 2 rings (SSSR count). The van der Waals surface area contributed by atoms with Gasteiger partial charge < -0.3 is 15.1 Å². The van der Waals surface area contributed by atoms with Gasteiger partial charge in [0.1, 0.15) is 0 Å². The van der Waals surface area contributed by atoms with Crippen LogP contribution in [0.15, 0.2) is 54.6 Å². The van der Waals surface area contributed by atoms with Gasteiger partial charge in [-0.25, -0.2) is 4.79 Å². The van der Waals surface area contributed by atoms with E-state index >= 15 is 0 Å². The first kappa shape index (κ1) is 17.5. The van der Waals surface area contributed by atoms with Crippen LogP contribution in [0, 0.1) is 0 Å². The summed E-state index contributed by atoms with van der Waals surface area (Å²) in [6.07, 6.45) is 0. The molecule has 0 aliphatic carbocycles. The number of carbonyl (C=O) groups is 2. The summed E-state index contributed by atoms with van der Waals surface area (Å²) in [6, 6.07) is 16.3. The fourth-order valence-corrected chi connectivity index (χ4v) is 2.41. The van der Waals surface area contributed by atoms with Crippen LogP contribution >= 0.6 is 0 Å². The van der Waals surface area contributed by atoms with Crippen molar-refractivity contribution in [2.75, 3.05) is 30.4 Å². The summed E-state index contributed by atoms with van der Waals surface area (Å²) in [7, 11) is 1.73. The second-order valence-electron chi connectivity index (χ2n) is 5.38. The molecule has 0 unspecified atom stereocenters. The van der Waals surface area contributed by atoms with Gasteiger partial charge in [-0.3, -0.25) is 4.79 Å². The van der Waals surface area contributed by atoms with E-state index in [1.54, 1.807) is 41.1 Å². The number of amides is 3. The Balaban J connectivity index is 2.15. The first-order chi connectivity index (χ1) is 11.6. The molecule has 126 valence electrons. The minimum Gasteiger partial charge on any atom is -0.325 e. The second kappa shape index (κ2) is 8.15. The van der Waals surface area contributed by atoms with Crippen LogP contribution in [0.5, 0.6) is 0 Å². The number of urea groups is 1. The molecule has 3 amide bonds. The highest BCUT2D eigenvalue weighted by Crippen LogP contribution is 2.17. The topological polar surface area (TPSA) is 52.7 Å². The van der Waals surface area contributed by atoms with Crippen molar-refractivity contribution in [3.63, 3.8) is 0 Å². The molecule has 0 fully saturated rings. The van der Waals surface area contributed by atoms with Crippen molar-refractivity contribution in [2.45, 2.75) is 13.8 Å². The number of hydrogen-bond donors (Lipinski definition) is 1. The van der Waals surface area contributed by atoms with Crippen molar-refractivity contribution in [3.05, 3.63) is 60.2 Å².